The van der Waals surface area contributed by atoms with Crippen molar-refractivity contribution >= 4 is 0 Å². The highest BCUT2D eigenvalue weighted by Crippen LogP contribution is 2.35. The minimum atomic E-state index is 0.964. The van der Waals surface area contributed by atoms with Gasteiger partial charge in [0.15, 0.2) is 0 Å². The lowest BCUT2D eigenvalue weighted by Crippen LogP contribution is -2.15. The van der Waals surface area contributed by atoms with Gasteiger partial charge in [-0.15, -0.1) is 0 Å². The van der Waals surface area contributed by atoms with Gasteiger partial charge in [0.2, 0.25) is 0 Å². The van der Waals surface area contributed by atoms with E-state index in [1.54, 1.807) is 0 Å². The van der Waals surface area contributed by atoms with Crippen molar-refractivity contribution in [3.8, 4) is 11.1 Å². The van der Waals surface area contributed by atoms with Gasteiger partial charge in [-0.25, -0.2) is 0 Å². The smallest absolute Gasteiger partial charge is 0.0184 e. The van der Waals surface area contributed by atoms with Gasteiger partial charge in [-0.05, 0) is 71.6 Å². The number of aryl methyl sites for hydroxylation is 2. The Hall–Kier alpha value is -1.56. The molecule has 0 heteroatoms. The van der Waals surface area contributed by atoms with Crippen LogP contribution in [0.3, 0.4) is 0 Å². The summed E-state index contributed by atoms with van der Waals surface area (Å²) in [7, 11) is 0. The van der Waals surface area contributed by atoms with Gasteiger partial charge in [-0.2, -0.15) is 0 Å². The lowest BCUT2D eigenvalue weighted by atomic mass is 9.78. The van der Waals surface area contributed by atoms with Crippen LogP contribution in [-0.4, -0.2) is 0 Å². The Morgan fingerprint density at radius 3 is 1.22 bits per heavy atom. The van der Waals surface area contributed by atoms with E-state index in [1.165, 1.54) is 138 Å². The predicted octanol–water partition coefficient (Wildman–Crippen LogP) is 11.2. The van der Waals surface area contributed by atoms with Crippen molar-refractivity contribution in [2.45, 2.75) is 129 Å². The van der Waals surface area contributed by atoms with Crippen LogP contribution >= 0.6 is 0 Å². The molecule has 2 aliphatic rings. The molecule has 0 amide bonds. The zero-order valence-corrected chi connectivity index (χ0v) is 23.7. The van der Waals surface area contributed by atoms with E-state index in [2.05, 4.69) is 62.4 Å². The molecule has 2 aliphatic carbocycles. The molecule has 2 fully saturated rings. The van der Waals surface area contributed by atoms with Crippen molar-refractivity contribution in [2.24, 2.45) is 23.7 Å². The summed E-state index contributed by atoms with van der Waals surface area (Å²) in [5.41, 5.74) is 5.78. The highest BCUT2D eigenvalue weighted by molar-refractivity contribution is 5.64. The minimum Gasteiger partial charge on any atom is -0.0654 e. The maximum absolute atomic E-state index is 2.38. The third-order valence-corrected chi connectivity index (χ3v) is 9.77. The molecule has 0 aromatic heterocycles. The SMILES string of the molecule is CCCCC[C@H]1CC[C@H](CCc2ccc(-c3ccc(CC[C@H]4CC[C@H](CCC)CC4)cc3)cc2)CC1. The van der Waals surface area contributed by atoms with Gasteiger partial charge in [0.05, 0.1) is 0 Å². The third kappa shape index (κ3) is 8.78. The number of hydrogen-bond acceptors (Lipinski definition) is 0. The molecule has 0 bridgehead atoms. The number of hydrogen-bond donors (Lipinski definition) is 0. The summed E-state index contributed by atoms with van der Waals surface area (Å²) >= 11 is 0. The second-order valence-electron chi connectivity index (χ2n) is 12.5. The van der Waals surface area contributed by atoms with Crippen LogP contribution in [0.25, 0.3) is 11.1 Å². The van der Waals surface area contributed by atoms with Crippen molar-refractivity contribution in [1.29, 1.82) is 0 Å². The monoisotopic (exact) mass is 486 g/mol. The molecule has 0 N–H and O–H groups in total. The number of benzene rings is 2. The highest BCUT2D eigenvalue weighted by Gasteiger charge is 2.21. The zero-order chi connectivity index (χ0) is 25.0. The fourth-order valence-electron chi connectivity index (χ4n) is 7.18. The van der Waals surface area contributed by atoms with Gasteiger partial charge in [0.25, 0.3) is 0 Å². The normalized spacial score (nSPS) is 24.6. The van der Waals surface area contributed by atoms with Crippen LogP contribution in [0.5, 0.6) is 0 Å². The van der Waals surface area contributed by atoms with Crippen LogP contribution in [0.4, 0.5) is 0 Å². The molecule has 0 aliphatic heterocycles. The molecule has 2 saturated carbocycles. The van der Waals surface area contributed by atoms with E-state index in [4.69, 9.17) is 0 Å². The largest absolute Gasteiger partial charge is 0.0654 e. The van der Waals surface area contributed by atoms with E-state index in [-0.39, 0.29) is 0 Å². The molecule has 198 valence electrons. The fourth-order valence-corrected chi connectivity index (χ4v) is 7.18. The van der Waals surface area contributed by atoms with E-state index in [9.17, 15) is 0 Å². The Morgan fingerprint density at radius 2 is 0.833 bits per heavy atom. The van der Waals surface area contributed by atoms with Crippen LogP contribution in [0.2, 0.25) is 0 Å². The standard InChI is InChI=1S/C36H54/c1-3-5-6-8-30-11-15-32(16-12-30)18-20-34-23-27-36(28-24-34)35-25-21-33(22-26-35)19-17-31-13-9-29(7-4-2)10-14-31/h21-32H,3-20H2,1-2H3/t29-,30-,31-,32-. The average Bonchev–Trinajstić information content (AvgIpc) is 2.93. The topological polar surface area (TPSA) is 0 Å². The molecule has 4 rings (SSSR count). The summed E-state index contributed by atoms with van der Waals surface area (Å²) in [5, 5.41) is 0. The summed E-state index contributed by atoms with van der Waals surface area (Å²) in [6, 6.07) is 18.9. The van der Waals surface area contributed by atoms with Crippen molar-refractivity contribution in [2.75, 3.05) is 0 Å². The van der Waals surface area contributed by atoms with Crippen molar-refractivity contribution in [1.82, 2.24) is 0 Å². The number of rotatable bonds is 13. The van der Waals surface area contributed by atoms with Crippen LogP contribution in [0.15, 0.2) is 48.5 Å². The maximum Gasteiger partial charge on any atom is -0.0184 e. The Balaban J connectivity index is 1.16. The Bertz CT molecular complexity index is 829. The van der Waals surface area contributed by atoms with Gasteiger partial charge < -0.3 is 0 Å². The van der Waals surface area contributed by atoms with E-state index < -0.39 is 0 Å². The van der Waals surface area contributed by atoms with Crippen molar-refractivity contribution in [3.05, 3.63) is 59.7 Å². The van der Waals surface area contributed by atoms with Gasteiger partial charge >= 0.3 is 0 Å². The first kappa shape index (κ1) is 27.5. The average molecular weight is 487 g/mol. The molecular weight excluding hydrogens is 432 g/mol. The van der Waals surface area contributed by atoms with Crippen LogP contribution < -0.4 is 0 Å². The van der Waals surface area contributed by atoms with E-state index >= 15 is 0 Å². The van der Waals surface area contributed by atoms with Gasteiger partial charge in [0, 0.05) is 0 Å². The Morgan fingerprint density at radius 1 is 0.444 bits per heavy atom. The Labute approximate surface area is 223 Å². The highest BCUT2D eigenvalue weighted by atomic mass is 14.3. The fraction of sp³-hybridized carbons (Fsp3) is 0.667. The second-order valence-corrected chi connectivity index (χ2v) is 12.5. The quantitative estimate of drug-likeness (QED) is 0.247. The first-order valence-electron chi connectivity index (χ1n) is 15.9. The first-order chi connectivity index (χ1) is 17.7. The first-order valence-corrected chi connectivity index (χ1v) is 15.9. The van der Waals surface area contributed by atoms with Gasteiger partial charge in [-0.1, -0.05) is 152 Å². The molecule has 2 aromatic rings. The van der Waals surface area contributed by atoms with Gasteiger partial charge in [0.1, 0.15) is 0 Å². The van der Waals surface area contributed by atoms with Crippen molar-refractivity contribution in [3.63, 3.8) is 0 Å². The molecule has 0 heterocycles. The van der Waals surface area contributed by atoms with E-state index in [0.717, 1.165) is 23.7 Å². The third-order valence-electron chi connectivity index (χ3n) is 9.77. The summed E-state index contributed by atoms with van der Waals surface area (Å²) < 4.78 is 0. The lowest BCUT2D eigenvalue weighted by molar-refractivity contribution is 0.249. The molecular formula is C36H54. The minimum absolute atomic E-state index is 0.964. The van der Waals surface area contributed by atoms with Crippen molar-refractivity contribution < 1.29 is 0 Å². The van der Waals surface area contributed by atoms with Crippen LogP contribution in [0, 0.1) is 23.7 Å². The predicted molar refractivity (Wildman–Crippen MR) is 158 cm³/mol. The summed E-state index contributed by atoms with van der Waals surface area (Å²) in [5.74, 6) is 3.98. The molecule has 0 atom stereocenters. The molecule has 0 unspecified atom stereocenters. The molecule has 0 radical (unpaired) electrons. The van der Waals surface area contributed by atoms with Crippen LogP contribution in [-0.2, 0) is 12.8 Å². The number of unbranched alkanes of at least 4 members (excludes halogenated alkanes) is 2. The molecule has 36 heavy (non-hydrogen) atoms. The summed E-state index contributed by atoms with van der Waals surface area (Å²) in [6.45, 7) is 4.66. The molecule has 2 aromatic carbocycles. The zero-order valence-electron chi connectivity index (χ0n) is 23.7. The summed E-state index contributed by atoms with van der Waals surface area (Å²) in [4.78, 5) is 0. The van der Waals surface area contributed by atoms with E-state index in [1.807, 2.05) is 0 Å². The Kier molecular flexibility index (Phi) is 11.4. The molecule has 0 nitrogen and oxygen atoms in total. The van der Waals surface area contributed by atoms with Crippen LogP contribution in [0.1, 0.15) is 128 Å². The van der Waals surface area contributed by atoms with E-state index in [0.29, 0.717) is 0 Å². The molecule has 0 spiro atoms. The van der Waals surface area contributed by atoms with Gasteiger partial charge in [-0.3, -0.25) is 0 Å². The summed E-state index contributed by atoms with van der Waals surface area (Å²) in [6.07, 6.45) is 25.7. The molecule has 0 saturated heterocycles. The lowest BCUT2D eigenvalue weighted by Gasteiger charge is -2.28. The second kappa shape index (κ2) is 15.0. The maximum atomic E-state index is 2.38.